The molecule has 0 fully saturated rings. The van der Waals surface area contributed by atoms with E-state index in [1.54, 1.807) is 11.9 Å². The van der Waals surface area contributed by atoms with Gasteiger partial charge in [0.1, 0.15) is 0 Å². The van der Waals surface area contributed by atoms with Crippen LogP contribution in [0.25, 0.3) is 0 Å². The Bertz CT molecular complexity index is 630. The summed E-state index contributed by atoms with van der Waals surface area (Å²) < 4.78 is 2.30. The van der Waals surface area contributed by atoms with E-state index < -0.39 is 0 Å². The summed E-state index contributed by atoms with van der Waals surface area (Å²) in [5.41, 5.74) is 3.29. The minimum Gasteiger partial charge on any atom is -0.312 e. The van der Waals surface area contributed by atoms with E-state index in [0.717, 1.165) is 18.5 Å². The van der Waals surface area contributed by atoms with Crippen molar-refractivity contribution >= 4 is 39.3 Å². The fourth-order valence-electron chi connectivity index (χ4n) is 2.33. The highest BCUT2D eigenvalue weighted by molar-refractivity contribution is 9.09. The average molecular weight is 348 g/mol. The van der Waals surface area contributed by atoms with Crippen molar-refractivity contribution in [3.05, 3.63) is 59.7 Å². The van der Waals surface area contributed by atoms with E-state index in [1.807, 2.05) is 18.2 Å². The van der Waals surface area contributed by atoms with E-state index in [4.69, 9.17) is 0 Å². The zero-order chi connectivity index (χ0) is 13.9. The summed E-state index contributed by atoms with van der Waals surface area (Å²) in [7, 11) is 0. The van der Waals surface area contributed by atoms with Gasteiger partial charge in [-0.25, -0.2) is 0 Å². The van der Waals surface area contributed by atoms with Gasteiger partial charge in [-0.2, -0.15) is 0 Å². The highest BCUT2D eigenvalue weighted by Crippen LogP contribution is 2.36. The first-order chi connectivity index (χ1) is 9.78. The van der Waals surface area contributed by atoms with Crippen LogP contribution < -0.4 is 4.31 Å². The minimum absolute atomic E-state index is 0.141. The van der Waals surface area contributed by atoms with Gasteiger partial charge in [0.05, 0.1) is 11.0 Å². The zero-order valence-corrected chi connectivity index (χ0v) is 13.3. The number of anilines is 1. The molecule has 0 unspecified atom stereocenters. The Labute approximate surface area is 131 Å². The second-order valence-corrected chi connectivity index (χ2v) is 6.31. The van der Waals surface area contributed by atoms with E-state index >= 15 is 0 Å². The third-order valence-electron chi connectivity index (χ3n) is 3.33. The van der Waals surface area contributed by atoms with Gasteiger partial charge in [0, 0.05) is 17.0 Å². The van der Waals surface area contributed by atoms with E-state index in [0.29, 0.717) is 5.33 Å². The second kappa shape index (κ2) is 6.02. The van der Waals surface area contributed by atoms with Gasteiger partial charge >= 0.3 is 0 Å². The molecule has 0 atom stereocenters. The summed E-state index contributed by atoms with van der Waals surface area (Å²) in [5, 5.41) is 0.383. The van der Waals surface area contributed by atoms with Gasteiger partial charge in [0.15, 0.2) is 5.78 Å². The van der Waals surface area contributed by atoms with Crippen LogP contribution in [0.15, 0.2) is 53.4 Å². The lowest BCUT2D eigenvalue weighted by molar-refractivity contribution is 0.102. The maximum Gasteiger partial charge on any atom is 0.173 e. The van der Waals surface area contributed by atoms with E-state index in [2.05, 4.69) is 50.6 Å². The Kier molecular flexibility index (Phi) is 4.13. The van der Waals surface area contributed by atoms with Crippen LogP contribution >= 0.6 is 27.9 Å². The first-order valence-electron chi connectivity index (χ1n) is 6.50. The number of benzene rings is 2. The van der Waals surface area contributed by atoms with Crippen molar-refractivity contribution in [2.24, 2.45) is 0 Å². The number of alkyl halides is 1. The van der Waals surface area contributed by atoms with Crippen LogP contribution in [0.2, 0.25) is 0 Å². The minimum atomic E-state index is 0.141. The van der Waals surface area contributed by atoms with Crippen molar-refractivity contribution in [2.45, 2.75) is 11.3 Å². The molecule has 4 heteroatoms. The van der Waals surface area contributed by atoms with Gasteiger partial charge in [-0.1, -0.05) is 34.1 Å². The Morgan fingerprint density at radius 1 is 1.20 bits per heavy atom. The van der Waals surface area contributed by atoms with Gasteiger partial charge < -0.3 is 4.31 Å². The fourth-order valence-corrected chi connectivity index (χ4v) is 3.64. The highest BCUT2D eigenvalue weighted by Gasteiger charge is 2.21. The summed E-state index contributed by atoms with van der Waals surface area (Å²) in [6.45, 7) is 0.987. The number of Topliss-reactive ketones (excluding diaryl/α,β-unsaturated/α-hetero) is 1. The quantitative estimate of drug-likeness (QED) is 0.466. The van der Waals surface area contributed by atoms with Crippen molar-refractivity contribution < 1.29 is 4.79 Å². The van der Waals surface area contributed by atoms with Crippen molar-refractivity contribution in [3.8, 4) is 0 Å². The molecule has 2 nitrogen and oxygen atoms in total. The van der Waals surface area contributed by atoms with E-state index in [-0.39, 0.29) is 5.78 Å². The maximum absolute atomic E-state index is 11.7. The molecule has 2 aromatic rings. The molecule has 2 aromatic carbocycles. The zero-order valence-electron chi connectivity index (χ0n) is 10.9. The van der Waals surface area contributed by atoms with E-state index in [1.165, 1.54) is 16.1 Å². The molecule has 0 spiro atoms. The standard InChI is InChI=1S/C16H14BrNOS/c17-11-16(19)13-6-7-15-12(10-13)8-9-18(15)20-14-4-2-1-3-5-14/h1-7,10H,8-9,11H2. The number of carbonyl (C=O) groups is 1. The number of carbonyl (C=O) groups excluding carboxylic acids is 1. The molecule has 1 aliphatic heterocycles. The molecule has 0 aromatic heterocycles. The molecule has 0 saturated heterocycles. The molecular formula is C16H14BrNOS. The predicted molar refractivity (Wildman–Crippen MR) is 87.9 cm³/mol. The topological polar surface area (TPSA) is 20.3 Å². The van der Waals surface area contributed by atoms with Gasteiger partial charge in [0.25, 0.3) is 0 Å². The van der Waals surface area contributed by atoms with Crippen LogP contribution in [-0.4, -0.2) is 17.7 Å². The summed E-state index contributed by atoms with van der Waals surface area (Å²) in [6.07, 6.45) is 0.999. The molecule has 3 rings (SSSR count). The van der Waals surface area contributed by atoms with Crippen LogP contribution in [-0.2, 0) is 6.42 Å². The van der Waals surface area contributed by atoms with Crippen LogP contribution in [0.4, 0.5) is 5.69 Å². The lowest BCUT2D eigenvalue weighted by Gasteiger charge is -2.17. The molecular weight excluding hydrogens is 334 g/mol. The summed E-state index contributed by atoms with van der Waals surface area (Å²) in [4.78, 5) is 13.0. The summed E-state index contributed by atoms with van der Waals surface area (Å²) in [5.74, 6) is 0.141. The Morgan fingerprint density at radius 2 is 2.00 bits per heavy atom. The Hall–Kier alpha value is -1.26. The molecule has 0 aliphatic carbocycles. The predicted octanol–water partition coefficient (Wildman–Crippen LogP) is 4.33. The molecule has 0 bridgehead atoms. The Morgan fingerprint density at radius 3 is 2.75 bits per heavy atom. The van der Waals surface area contributed by atoms with Crippen molar-refractivity contribution in [2.75, 3.05) is 16.2 Å². The second-order valence-electron chi connectivity index (χ2n) is 4.66. The number of halogens is 1. The van der Waals surface area contributed by atoms with Crippen molar-refractivity contribution in [1.82, 2.24) is 0 Å². The highest BCUT2D eigenvalue weighted by atomic mass is 79.9. The number of rotatable bonds is 4. The first-order valence-corrected chi connectivity index (χ1v) is 8.40. The van der Waals surface area contributed by atoms with Crippen LogP contribution in [0.3, 0.4) is 0 Å². The smallest absolute Gasteiger partial charge is 0.173 e. The molecule has 1 aliphatic rings. The molecule has 1 heterocycles. The Balaban J connectivity index is 1.82. The SMILES string of the molecule is O=C(CBr)c1ccc2c(c1)CCN2Sc1ccccc1. The van der Waals surface area contributed by atoms with Crippen LogP contribution in [0, 0.1) is 0 Å². The maximum atomic E-state index is 11.7. The monoisotopic (exact) mass is 347 g/mol. The van der Waals surface area contributed by atoms with Gasteiger partial charge in [-0.15, -0.1) is 0 Å². The van der Waals surface area contributed by atoms with Gasteiger partial charge in [-0.3, -0.25) is 4.79 Å². The van der Waals surface area contributed by atoms with E-state index in [9.17, 15) is 4.79 Å². The average Bonchev–Trinajstić information content (AvgIpc) is 2.90. The van der Waals surface area contributed by atoms with Crippen molar-refractivity contribution in [3.63, 3.8) is 0 Å². The van der Waals surface area contributed by atoms with Crippen LogP contribution in [0.5, 0.6) is 0 Å². The summed E-state index contributed by atoms with van der Waals surface area (Å²) >= 11 is 4.98. The number of hydrogen-bond donors (Lipinski definition) is 0. The molecule has 0 saturated carbocycles. The first kappa shape index (κ1) is 13.7. The summed E-state index contributed by atoms with van der Waals surface area (Å²) in [6, 6.07) is 16.4. The lowest BCUT2D eigenvalue weighted by atomic mass is 10.1. The van der Waals surface area contributed by atoms with Gasteiger partial charge in [0.2, 0.25) is 0 Å². The molecule has 102 valence electrons. The molecule has 0 amide bonds. The number of nitrogens with zero attached hydrogens (tertiary/aromatic N) is 1. The largest absolute Gasteiger partial charge is 0.312 e. The van der Waals surface area contributed by atoms with Gasteiger partial charge in [-0.05, 0) is 54.3 Å². The third-order valence-corrected chi connectivity index (χ3v) is 4.93. The fraction of sp³-hybridized carbons (Fsp3) is 0.188. The van der Waals surface area contributed by atoms with Crippen LogP contribution in [0.1, 0.15) is 15.9 Å². The lowest BCUT2D eigenvalue weighted by Crippen LogP contribution is -2.09. The number of hydrogen-bond acceptors (Lipinski definition) is 3. The molecule has 0 N–H and O–H groups in total. The molecule has 0 radical (unpaired) electrons. The molecule has 20 heavy (non-hydrogen) atoms. The van der Waals surface area contributed by atoms with Crippen molar-refractivity contribution in [1.29, 1.82) is 0 Å². The number of fused-ring (bicyclic) bond motifs is 1. The normalized spacial score (nSPS) is 13.3. The number of ketones is 1. The third kappa shape index (κ3) is 2.76.